The first-order valence-electron chi connectivity index (χ1n) is 8.63. The molecule has 0 spiro atoms. The summed E-state index contributed by atoms with van der Waals surface area (Å²) in [6, 6.07) is 8.36. The van der Waals surface area contributed by atoms with E-state index >= 15 is 4.39 Å². The Bertz CT molecular complexity index is 894. The van der Waals surface area contributed by atoms with Gasteiger partial charge in [-0.3, -0.25) is 9.78 Å². The van der Waals surface area contributed by atoms with Gasteiger partial charge in [0, 0.05) is 23.9 Å². The predicted molar refractivity (Wildman–Crippen MR) is 95.4 cm³/mol. The van der Waals surface area contributed by atoms with Crippen molar-refractivity contribution in [1.29, 1.82) is 0 Å². The normalized spacial score (nSPS) is 19.7. The number of alkyl halides is 4. The van der Waals surface area contributed by atoms with Crippen LogP contribution in [0.1, 0.15) is 30.5 Å². The maximum absolute atomic E-state index is 15.3. The molecular formula is C20H18F4N2O2. The molecule has 0 saturated carbocycles. The van der Waals surface area contributed by atoms with Gasteiger partial charge in [0.2, 0.25) is 0 Å². The third kappa shape index (κ3) is 4.68. The van der Waals surface area contributed by atoms with Crippen LogP contribution in [-0.4, -0.2) is 17.3 Å². The highest BCUT2D eigenvalue weighted by molar-refractivity contribution is 6.03. The van der Waals surface area contributed by atoms with Gasteiger partial charge in [0.25, 0.3) is 5.91 Å². The Morgan fingerprint density at radius 1 is 1.21 bits per heavy atom. The highest BCUT2D eigenvalue weighted by atomic mass is 19.4. The van der Waals surface area contributed by atoms with E-state index in [4.69, 9.17) is 0 Å². The fraction of sp³-hybridized carbons (Fsp3) is 0.300. The molecule has 2 aromatic rings. The summed E-state index contributed by atoms with van der Waals surface area (Å²) in [5, 5.41) is 2.60. The Kier molecular flexibility index (Phi) is 5.40. The van der Waals surface area contributed by atoms with Crippen molar-refractivity contribution >= 4 is 11.6 Å². The van der Waals surface area contributed by atoms with E-state index in [1.807, 2.05) is 0 Å². The molecule has 28 heavy (non-hydrogen) atoms. The van der Waals surface area contributed by atoms with E-state index in [9.17, 15) is 18.0 Å². The molecule has 4 nitrogen and oxygen atoms in total. The van der Waals surface area contributed by atoms with Gasteiger partial charge in [0.1, 0.15) is 5.75 Å². The van der Waals surface area contributed by atoms with Crippen molar-refractivity contribution in [1.82, 2.24) is 4.98 Å². The molecule has 8 heteroatoms. The second kappa shape index (κ2) is 7.61. The number of nitrogens with one attached hydrogen (secondary N) is 1. The van der Waals surface area contributed by atoms with Crippen molar-refractivity contribution in [2.45, 2.75) is 38.2 Å². The summed E-state index contributed by atoms with van der Waals surface area (Å²) < 4.78 is 55.6. The number of amides is 1. The number of aryl methyl sites for hydroxylation is 1. The van der Waals surface area contributed by atoms with Crippen LogP contribution < -0.4 is 10.1 Å². The summed E-state index contributed by atoms with van der Waals surface area (Å²) >= 11 is 0. The lowest BCUT2D eigenvalue weighted by Crippen LogP contribution is -2.28. The molecule has 0 aliphatic heterocycles. The van der Waals surface area contributed by atoms with Crippen molar-refractivity contribution in [3.8, 4) is 5.75 Å². The highest BCUT2D eigenvalue weighted by Gasteiger charge is 2.37. The molecule has 0 radical (unpaired) electrons. The molecular weight excluding hydrogens is 376 g/mol. The molecule has 1 aliphatic rings. The first kappa shape index (κ1) is 19.9. The van der Waals surface area contributed by atoms with Crippen LogP contribution in [0.25, 0.3) is 0 Å². The summed E-state index contributed by atoms with van der Waals surface area (Å²) in [4.78, 5) is 16.5. The zero-order valence-corrected chi connectivity index (χ0v) is 15.0. The van der Waals surface area contributed by atoms with Gasteiger partial charge in [-0.1, -0.05) is 12.1 Å². The third-order valence-corrected chi connectivity index (χ3v) is 4.53. The van der Waals surface area contributed by atoms with Gasteiger partial charge in [0.05, 0.1) is 5.69 Å². The Balaban J connectivity index is 1.65. The summed E-state index contributed by atoms with van der Waals surface area (Å²) in [6.45, 7) is 1.79. The lowest BCUT2D eigenvalue weighted by molar-refractivity contribution is -0.274. The van der Waals surface area contributed by atoms with E-state index < -0.39 is 17.9 Å². The molecule has 1 unspecified atom stereocenters. The van der Waals surface area contributed by atoms with E-state index in [1.54, 1.807) is 31.3 Å². The van der Waals surface area contributed by atoms with E-state index in [-0.39, 0.29) is 25.0 Å². The number of allylic oxidation sites excluding steroid dienone is 1. The lowest BCUT2D eigenvalue weighted by atomic mass is 9.82. The Labute approximate surface area is 159 Å². The Hall–Kier alpha value is -2.90. The van der Waals surface area contributed by atoms with Gasteiger partial charge in [-0.15, -0.1) is 13.2 Å². The Morgan fingerprint density at radius 3 is 2.50 bits per heavy atom. The molecule has 1 atom stereocenters. The molecule has 1 heterocycles. The van der Waals surface area contributed by atoms with Crippen molar-refractivity contribution < 1.29 is 27.1 Å². The fourth-order valence-corrected chi connectivity index (χ4v) is 3.15. The quantitative estimate of drug-likeness (QED) is 0.725. The Morgan fingerprint density at radius 2 is 1.93 bits per heavy atom. The van der Waals surface area contributed by atoms with Crippen LogP contribution in [0.5, 0.6) is 5.75 Å². The maximum atomic E-state index is 15.3. The maximum Gasteiger partial charge on any atom is 0.573 e. The number of nitrogens with zero attached hydrogens (tertiary/aromatic N) is 1. The van der Waals surface area contributed by atoms with Gasteiger partial charge >= 0.3 is 6.36 Å². The monoisotopic (exact) mass is 394 g/mol. The lowest BCUT2D eigenvalue weighted by Gasteiger charge is -2.29. The minimum absolute atomic E-state index is 0.0337. The van der Waals surface area contributed by atoms with Gasteiger partial charge in [-0.05, 0) is 55.7 Å². The molecule has 1 amide bonds. The van der Waals surface area contributed by atoms with Crippen LogP contribution >= 0.6 is 0 Å². The number of halogens is 4. The van der Waals surface area contributed by atoms with Crippen molar-refractivity contribution in [2.24, 2.45) is 0 Å². The number of anilines is 1. The SMILES string of the molecule is Cc1cccnc1C1(F)CC=C(C(=O)Nc2ccc(OC(F)(F)F)cc2)CC1. The van der Waals surface area contributed by atoms with E-state index in [0.717, 1.165) is 17.7 Å². The third-order valence-electron chi connectivity index (χ3n) is 4.53. The number of rotatable bonds is 4. The average Bonchev–Trinajstić information content (AvgIpc) is 2.63. The van der Waals surface area contributed by atoms with Gasteiger partial charge in [-0.2, -0.15) is 0 Å². The minimum atomic E-state index is -4.78. The standard InChI is InChI=1S/C20H18F4N2O2/c1-13-3-2-12-25-17(13)19(21)10-8-14(9-11-19)18(27)26-15-4-6-16(7-5-15)28-20(22,23)24/h2-8,12H,9-11H2,1H3,(H,26,27). The molecule has 1 aromatic heterocycles. The van der Waals surface area contributed by atoms with Gasteiger partial charge in [-0.25, -0.2) is 4.39 Å². The fourth-order valence-electron chi connectivity index (χ4n) is 3.15. The molecule has 1 aliphatic carbocycles. The number of ether oxygens (including phenoxy) is 1. The molecule has 1 aromatic carbocycles. The predicted octanol–water partition coefficient (Wildman–Crippen LogP) is 5.20. The van der Waals surface area contributed by atoms with Crippen molar-refractivity contribution in [3.05, 3.63) is 65.5 Å². The zero-order chi connectivity index (χ0) is 20.4. The largest absolute Gasteiger partial charge is 0.573 e. The van der Waals surface area contributed by atoms with E-state index in [1.165, 1.54) is 12.1 Å². The van der Waals surface area contributed by atoms with Crippen LogP contribution in [0, 0.1) is 6.92 Å². The number of carbonyl (C=O) groups is 1. The van der Waals surface area contributed by atoms with Crippen LogP contribution in [0.15, 0.2) is 54.2 Å². The second-order valence-electron chi connectivity index (χ2n) is 6.59. The van der Waals surface area contributed by atoms with Gasteiger partial charge in [0.15, 0.2) is 5.67 Å². The molecule has 1 N–H and O–H groups in total. The summed E-state index contributed by atoms with van der Waals surface area (Å²) in [5.74, 6) is -0.792. The summed E-state index contributed by atoms with van der Waals surface area (Å²) in [6.07, 6.45) is -1.29. The molecule has 0 bridgehead atoms. The molecule has 148 valence electrons. The average molecular weight is 394 g/mol. The molecule has 0 saturated heterocycles. The topological polar surface area (TPSA) is 51.2 Å². The summed E-state index contributed by atoms with van der Waals surface area (Å²) in [7, 11) is 0. The first-order valence-corrected chi connectivity index (χ1v) is 8.63. The van der Waals surface area contributed by atoms with Crippen LogP contribution in [0.2, 0.25) is 0 Å². The van der Waals surface area contributed by atoms with E-state index in [2.05, 4.69) is 15.0 Å². The number of hydrogen-bond donors (Lipinski definition) is 1. The second-order valence-corrected chi connectivity index (χ2v) is 6.59. The first-order chi connectivity index (χ1) is 13.2. The number of benzene rings is 1. The van der Waals surface area contributed by atoms with Crippen LogP contribution in [-0.2, 0) is 10.5 Å². The number of pyridine rings is 1. The summed E-state index contributed by atoms with van der Waals surface area (Å²) in [5.41, 5.74) is 0.264. The zero-order valence-electron chi connectivity index (χ0n) is 15.0. The van der Waals surface area contributed by atoms with Crippen LogP contribution in [0.3, 0.4) is 0 Å². The van der Waals surface area contributed by atoms with Gasteiger partial charge < -0.3 is 10.1 Å². The minimum Gasteiger partial charge on any atom is -0.406 e. The molecule has 0 fully saturated rings. The van der Waals surface area contributed by atoms with Crippen LogP contribution in [0.4, 0.5) is 23.2 Å². The molecule has 3 rings (SSSR count). The highest BCUT2D eigenvalue weighted by Crippen LogP contribution is 2.40. The number of carbonyl (C=O) groups excluding carboxylic acids is 1. The van der Waals surface area contributed by atoms with E-state index in [0.29, 0.717) is 17.0 Å². The van der Waals surface area contributed by atoms with Crippen molar-refractivity contribution in [3.63, 3.8) is 0 Å². The smallest absolute Gasteiger partial charge is 0.406 e. The number of hydrogen-bond acceptors (Lipinski definition) is 3. The number of aromatic nitrogens is 1. The van der Waals surface area contributed by atoms with Crippen molar-refractivity contribution in [2.75, 3.05) is 5.32 Å².